The molecule has 4 heteroatoms. The van der Waals surface area contributed by atoms with Gasteiger partial charge in [0.25, 0.3) is 0 Å². The third kappa shape index (κ3) is 2.35. The van der Waals surface area contributed by atoms with E-state index < -0.39 is 0 Å². The number of fused-ring (bicyclic) bond motifs is 8. The van der Waals surface area contributed by atoms with Crippen LogP contribution in [0.5, 0.6) is 0 Å². The summed E-state index contributed by atoms with van der Waals surface area (Å²) in [6.45, 7) is 0. The van der Waals surface area contributed by atoms with Crippen molar-refractivity contribution in [3.05, 3.63) is 90.8 Å². The minimum atomic E-state index is 0.911. The monoisotopic (exact) mass is 420 g/mol. The first-order chi connectivity index (χ1) is 14.8. The molecule has 1 aliphatic rings. The number of benzene rings is 4. The lowest BCUT2D eigenvalue weighted by molar-refractivity contribution is 0.946. The second-order valence-corrected chi connectivity index (χ2v) is 9.73. The molecule has 2 aromatic heterocycles. The maximum atomic E-state index is 4.87. The first-order valence-electron chi connectivity index (χ1n) is 10.0. The third-order valence-electron chi connectivity index (χ3n) is 5.90. The molecule has 0 aliphatic carbocycles. The molecule has 0 spiro atoms. The van der Waals surface area contributed by atoms with Crippen LogP contribution in [0.4, 0.5) is 0 Å². The summed E-state index contributed by atoms with van der Waals surface area (Å²) in [6.07, 6.45) is 0. The number of imidazole rings is 1. The standard InChI is InChI=1S/C26H16N2S2/c1-4-8-23-18(5-1)19-13-16(9-11-24(19)30-23)17-10-12-25-22(14-17)28-21-7-3-2-6-20(21)27-26(28)15-29-25/h1-14H,15H2. The molecular formula is C26H16N2S2. The molecule has 0 bridgehead atoms. The normalized spacial score (nSPS) is 13.1. The van der Waals surface area contributed by atoms with Gasteiger partial charge in [-0.1, -0.05) is 42.5 Å². The highest BCUT2D eigenvalue weighted by atomic mass is 32.2. The summed E-state index contributed by atoms with van der Waals surface area (Å²) < 4.78 is 5.03. The Kier molecular flexibility index (Phi) is 3.45. The third-order valence-corrected chi connectivity index (χ3v) is 8.11. The maximum Gasteiger partial charge on any atom is 0.124 e. The van der Waals surface area contributed by atoms with Crippen LogP contribution in [0.1, 0.15) is 5.82 Å². The van der Waals surface area contributed by atoms with Crippen LogP contribution in [0.15, 0.2) is 89.8 Å². The molecule has 0 N–H and O–H groups in total. The Morgan fingerprint density at radius 1 is 0.733 bits per heavy atom. The zero-order valence-corrected chi connectivity index (χ0v) is 17.6. The Bertz CT molecular complexity index is 1610. The summed E-state index contributed by atoms with van der Waals surface area (Å²) in [5, 5.41) is 2.68. The second kappa shape index (κ2) is 6.21. The van der Waals surface area contributed by atoms with Crippen molar-refractivity contribution in [2.45, 2.75) is 10.6 Å². The van der Waals surface area contributed by atoms with E-state index in [4.69, 9.17) is 4.98 Å². The Labute approximate surface area is 181 Å². The SMILES string of the molecule is c1ccc2c(c1)nc1n2-c2cc(-c3ccc4sc5ccccc5c4c3)ccc2SC1. The molecule has 0 saturated carbocycles. The number of thiophene rings is 1. The van der Waals surface area contributed by atoms with Gasteiger partial charge in [0.05, 0.1) is 22.5 Å². The first kappa shape index (κ1) is 16.7. The lowest BCUT2D eigenvalue weighted by Gasteiger charge is -2.20. The van der Waals surface area contributed by atoms with E-state index in [0.717, 1.165) is 17.1 Å². The van der Waals surface area contributed by atoms with Gasteiger partial charge in [0.1, 0.15) is 5.82 Å². The zero-order chi connectivity index (χ0) is 19.7. The van der Waals surface area contributed by atoms with Gasteiger partial charge in [0.15, 0.2) is 0 Å². The van der Waals surface area contributed by atoms with E-state index >= 15 is 0 Å². The molecule has 142 valence electrons. The topological polar surface area (TPSA) is 17.8 Å². The highest BCUT2D eigenvalue weighted by Gasteiger charge is 2.21. The molecule has 0 radical (unpaired) electrons. The molecule has 1 aliphatic heterocycles. The zero-order valence-electron chi connectivity index (χ0n) is 16.0. The minimum absolute atomic E-state index is 0.911. The summed E-state index contributed by atoms with van der Waals surface area (Å²) in [5.41, 5.74) is 6.00. The van der Waals surface area contributed by atoms with Crippen LogP contribution < -0.4 is 0 Å². The van der Waals surface area contributed by atoms with Gasteiger partial charge < -0.3 is 0 Å². The number of para-hydroxylation sites is 2. The van der Waals surface area contributed by atoms with Gasteiger partial charge in [-0.05, 0) is 53.6 Å². The first-order valence-corrected chi connectivity index (χ1v) is 11.8. The number of thioether (sulfide) groups is 1. The van der Waals surface area contributed by atoms with Crippen LogP contribution in [-0.2, 0) is 5.75 Å². The lowest BCUT2D eigenvalue weighted by Crippen LogP contribution is -2.06. The predicted molar refractivity (Wildman–Crippen MR) is 129 cm³/mol. The number of hydrogen-bond acceptors (Lipinski definition) is 3. The fraction of sp³-hybridized carbons (Fsp3) is 0.0385. The fourth-order valence-corrected chi connectivity index (χ4v) is 6.51. The summed E-state index contributed by atoms with van der Waals surface area (Å²) in [6, 6.07) is 30.8. The van der Waals surface area contributed by atoms with Crippen molar-refractivity contribution in [2.24, 2.45) is 0 Å². The predicted octanol–water partition coefficient (Wildman–Crippen LogP) is 7.67. The fourth-order valence-electron chi connectivity index (χ4n) is 4.48. The van der Waals surface area contributed by atoms with E-state index in [1.165, 1.54) is 47.4 Å². The molecular weight excluding hydrogens is 404 g/mol. The van der Waals surface area contributed by atoms with Gasteiger partial charge >= 0.3 is 0 Å². The second-order valence-electron chi connectivity index (χ2n) is 7.63. The van der Waals surface area contributed by atoms with Crippen molar-refractivity contribution in [2.75, 3.05) is 0 Å². The minimum Gasteiger partial charge on any atom is -0.294 e. The molecule has 3 heterocycles. The van der Waals surface area contributed by atoms with Crippen LogP contribution in [-0.4, -0.2) is 9.55 Å². The highest BCUT2D eigenvalue weighted by molar-refractivity contribution is 7.98. The van der Waals surface area contributed by atoms with E-state index in [1.807, 2.05) is 23.1 Å². The van der Waals surface area contributed by atoms with Crippen molar-refractivity contribution in [1.29, 1.82) is 0 Å². The molecule has 0 atom stereocenters. The van der Waals surface area contributed by atoms with Gasteiger partial charge in [-0.15, -0.1) is 23.1 Å². The Hall–Kier alpha value is -3.08. The summed E-state index contributed by atoms with van der Waals surface area (Å²) in [7, 11) is 0. The van der Waals surface area contributed by atoms with E-state index in [0.29, 0.717) is 0 Å². The van der Waals surface area contributed by atoms with Crippen LogP contribution in [0.3, 0.4) is 0 Å². The van der Waals surface area contributed by atoms with Crippen LogP contribution in [0.25, 0.3) is 48.0 Å². The smallest absolute Gasteiger partial charge is 0.124 e. The average molecular weight is 421 g/mol. The van der Waals surface area contributed by atoms with Gasteiger partial charge in [-0.3, -0.25) is 4.57 Å². The molecule has 2 nitrogen and oxygen atoms in total. The Morgan fingerprint density at radius 3 is 2.53 bits per heavy atom. The Morgan fingerprint density at radius 2 is 1.53 bits per heavy atom. The number of hydrogen-bond donors (Lipinski definition) is 0. The molecule has 0 fully saturated rings. The number of aromatic nitrogens is 2. The van der Waals surface area contributed by atoms with E-state index in [9.17, 15) is 0 Å². The largest absolute Gasteiger partial charge is 0.294 e. The van der Waals surface area contributed by atoms with Gasteiger partial charge in [-0.2, -0.15) is 0 Å². The number of nitrogens with zero attached hydrogens (tertiary/aromatic N) is 2. The van der Waals surface area contributed by atoms with E-state index in [2.05, 4.69) is 89.5 Å². The maximum absolute atomic E-state index is 4.87. The summed E-state index contributed by atoms with van der Waals surface area (Å²) >= 11 is 3.74. The highest BCUT2D eigenvalue weighted by Crippen LogP contribution is 2.41. The Balaban J connectivity index is 1.45. The van der Waals surface area contributed by atoms with Crippen molar-refractivity contribution in [3.8, 4) is 16.8 Å². The number of rotatable bonds is 1. The van der Waals surface area contributed by atoms with E-state index in [1.54, 1.807) is 0 Å². The molecule has 7 rings (SSSR count). The molecule has 30 heavy (non-hydrogen) atoms. The molecule has 0 amide bonds. The summed E-state index contributed by atoms with van der Waals surface area (Å²) in [4.78, 5) is 6.18. The molecule has 0 saturated heterocycles. The van der Waals surface area contributed by atoms with Gasteiger partial charge in [-0.25, -0.2) is 4.98 Å². The lowest BCUT2D eigenvalue weighted by atomic mass is 10.0. The summed E-state index contributed by atoms with van der Waals surface area (Å²) in [5.74, 6) is 2.04. The van der Waals surface area contributed by atoms with Gasteiger partial charge in [0.2, 0.25) is 0 Å². The molecule has 0 unspecified atom stereocenters. The molecule has 6 aromatic rings. The van der Waals surface area contributed by atoms with Crippen LogP contribution >= 0.6 is 23.1 Å². The van der Waals surface area contributed by atoms with Crippen LogP contribution in [0, 0.1) is 0 Å². The average Bonchev–Trinajstić information content (AvgIpc) is 3.36. The van der Waals surface area contributed by atoms with Gasteiger partial charge in [0, 0.05) is 25.1 Å². The van der Waals surface area contributed by atoms with Crippen molar-refractivity contribution in [3.63, 3.8) is 0 Å². The van der Waals surface area contributed by atoms with Crippen molar-refractivity contribution >= 4 is 54.3 Å². The van der Waals surface area contributed by atoms with Crippen molar-refractivity contribution in [1.82, 2.24) is 9.55 Å². The quantitative estimate of drug-likeness (QED) is 0.272. The van der Waals surface area contributed by atoms with Crippen LogP contribution in [0.2, 0.25) is 0 Å². The molecule has 4 aromatic carbocycles. The van der Waals surface area contributed by atoms with E-state index in [-0.39, 0.29) is 0 Å². The van der Waals surface area contributed by atoms with Crippen molar-refractivity contribution < 1.29 is 0 Å².